The van der Waals surface area contributed by atoms with Gasteiger partial charge in [-0.05, 0) is 17.7 Å². The van der Waals surface area contributed by atoms with Crippen LogP contribution in [-0.4, -0.2) is 18.1 Å². The zero-order chi connectivity index (χ0) is 11.5. The molecule has 1 rings (SSSR count). The highest BCUT2D eigenvalue weighted by atomic mass is 19.4. The van der Waals surface area contributed by atoms with E-state index in [-0.39, 0.29) is 5.56 Å². The second-order valence-electron chi connectivity index (χ2n) is 2.83. The Morgan fingerprint density at radius 3 is 2.53 bits per heavy atom. The van der Waals surface area contributed by atoms with E-state index in [1.807, 2.05) is 0 Å². The predicted molar refractivity (Wildman–Crippen MR) is 43.4 cm³/mol. The molecular weight excluding hydrogens is 216 g/mol. The van der Waals surface area contributed by atoms with Gasteiger partial charge in [-0.2, -0.15) is 0 Å². The van der Waals surface area contributed by atoms with Gasteiger partial charge >= 0.3 is 6.36 Å². The molecular formula is C9H8F4O2. The maximum absolute atomic E-state index is 12.6. The van der Waals surface area contributed by atoms with E-state index < -0.39 is 24.9 Å². The van der Waals surface area contributed by atoms with Gasteiger partial charge in [0.2, 0.25) is 0 Å². The topological polar surface area (TPSA) is 29.5 Å². The highest BCUT2D eigenvalue weighted by Crippen LogP contribution is 2.21. The van der Waals surface area contributed by atoms with E-state index in [1.54, 1.807) is 0 Å². The molecule has 0 aliphatic rings. The maximum Gasteiger partial charge on any atom is 0.522 e. The van der Waals surface area contributed by atoms with Gasteiger partial charge in [-0.3, -0.25) is 4.74 Å². The smallest absolute Gasteiger partial charge is 0.386 e. The lowest BCUT2D eigenvalue weighted by atomic mass is 10.1. The lowest BCUT2D eigenvalue weighted by Gasteiger charge is -2.13. The summed E-state index contributed by atoms with van der Waals surface area (Å²) >= 11 is 0. The summed E-state index contributed by atoms with van der Waals surface area (Å²) < 4.78 is 50.9. The second kappa shape index (κ2) is 4.59. The SMILES string of the molecule is OC(COC(F)(F)F)c1cccc(F)c1. The summed E-state index contributed by atoms with van der Waals surface area (Å²) in [5, 5.41) is 9.22. The van der Waals surface area contributed by atoms with Crippen molar-refractivity contribution in [2.45, 2.75) is 12.5 Å². The van der Waals surface area contributed by atoms with Crippen molar-refractivity contribution in [3.05, 3.63) is 35.6 Å². The van der Waals surface area contributed by atoms with Crippen molar-refractivity contribution in [1.82, 2.24) is 0 Å². The first-order valence-corrected chi connectivity index (χ1v) is 4.03. The van der Waals surface area contributed by atoms with Gasteiger partial charge in [-0.15, -0.1) is 13.2 Å². The average molecular weight is 224 g/mol. The number of halogens is 4. The molecule has 0 amide bonds. The normalized spacial score (nSPS) is 13.9. The number of alkyl halides is 3. The molecule has 0 bridgehead atoms. The number of hydrogen-bond acceptors (Lipinski definition) is 2. The standard InChI is InChI=1S/C9H8F4O2/c10-7-3-1-2-6(4-7)8(14)5-15-9(11,12)13/h1-4,8,14H,5H2. The first kappa shape index (κ1) is 11.9. The highest BCUT2D eigenvalue weighted by Gasteiger charge is 2.30. The van der Waals surface area contributed by atoms with E-state index in [9.17, 15) is 22.7 Å². The first-order valence-electron chi connectivity index (χ1n) is 4.03. The van der Waals surface area contributed by atoms with Gasteiger partial charge < -0.3 is 5.11 Å². The first-order chi connectivity index (χ1) is 6.88. The van der Waals surface area contributed by atoms with Crippen LogP contribution in [0.15, 0.2) is 24.3 Å². The Morgan fingerprint density at radius 1 is 1.33 bits per heavy atom. The summed E-state index contributed by atoms with van der Waals surface area (Å²) in [6, 6.07) is 4.68. The molecule has 0 aliphatic heterocycles. The summed E-state index contributed by atoms with van der Waals surface area (Å²) in [5.74, 6) is -0.626. The van der Waals surface area contributed by atoms with Crippen LogP contribution in [0.2, 0.25) is 0 Å². The van der Waals surface area contributed by atoms with Gasteiger partial charge in [0.25, 0.3) is 0 Å². The molecule has 1 aromatic carbocycles. The van der Waals surface area contributed by atoms with Crippen LogP contribution in [0.3, 0.4) is 0 Å². The van der Waals surface area contributed by atoms with E-state index in [0.717, 1.165) is 12.1 Å². The third-order valence-corrected chi connectivity index (χ3v) is 1.64. The molecule has 2 nitrogen and oxygen atoms in total. The lowest BCUT2D eigenvalue weighted by Crippen LogP contribution is -2.18. The Labute approximate surface area is 83.1 Å². The molecule has 0 radical (unpaired) electrons. The fourth-order valence-electron chi connectivity index (χ4n) is 0.984. The molecule has 0 fully saturated rings. The Morgan fingerprint density at radius 2 is 2.00 bits per heavy atom. The molecule has 0 aromatic heterocycles. The van der Waals surface area contributed by atoms with Crippen LogP contribution in [0.25, 0.3) is 0 Å². The molecule has 6 heteroatoms. The van der Waals surface area contributed by atoms with Gasteiger partial charge in [0.1, 0.15) is 11.9 Å². The van der Waals surface area contributed by atoms with Crippen molar-refractivity contribution in [1.29, 1.82) is 0 Å². The summed E-state index contributed by atoms with van der Waals surface area (Å²) in [7, 11) is 0. The molecule has 1 aromatic rings. The fourth-order valence-corrected chi connectivity index (χ4v) is 0.984. The second-order valence-corrected chi connectivity index (χ2v) is 2.83. The van der Waals surface area contributed by atoms with Gasteiger partial charge in [0, 0.05) is 0 Å². The summed E-state index contributed by atoms with van der Waals surface area (Å²) in [5.41, 5.74) is 0.0410. The molecule has 0 spiro atoms. The van der Waals surface area contributed by atoms with E-state index in [2.05, 4.69) is 4.74 Å². The van der Waals surface area contributed by atoms with Crippen LogP contribution in [0.5, 0.6) is 0 Å². The quantitative estimate of drug-likeness (QED) is 0.799. The number of aliphatic hydroxyl groups excluding tert-OH is 1. The Bertz CT molecular complexity index is 324. The molecule has 84 valence electrons. The summed E-state index contributed by atoms with van der Waals surface area (Å²) in [4.78, 5) is 0. The largest absolute Gasteiger partial charge is 0.522 e. The molecule has 0 heterocycles. The number of benzene rings is 1. The highest BCUT2D eigenvalue weighted by molar-refractivity contribution is 5.18. The van der Waals surface area contributed by atoms with Crippen LogP contribution in [-0.2, 0) is 4.74 Å². The minimum Gasteiger partial charge on any atom is -0.386 e. The third kappa shape index (κ3) is 4.26. The Hall–Kier alpha value is -1.14. The summed E-state index contributed by atoms with van der Waals surface area (Å²) in [6.07, 6.45) is -6.30. The molecule has 0 saturated carbocycles. The van der Waals surface area contributed by atoms with Crippen molar-refractivity contribution in [2.75, 3.05) is 6.61 Å². The van der Waals surface area contributed by atoms with E-state index in [4.69, 9.17) is 0 Å². The van der Waals surface area contributed by atoms with Crippen LogP contribution < -0.4 is 0 Å². The Balaban J connectivity index is 2.58. The van der Waals surface area contributed by atoms with Crippen molar-refractivity contribution < 1.29 is 27.4 Å². The van der Waals surface area contributed by atoms with Crippen LogP contribution in [0.4, 0.5) is 17.6 Å². The molecule has 0 aliphatic carbocycles. The van der Waals surface area contributed by atoms with Gasteiger partial charge in [0.15, 0.2) is 0 Å². The van der Waals surface area contributed by atoms with E-state index in [1.165, 1.54) is 12.1 Å². The number of rotatable bonds is 3. The van der Waals surface area contributed by atoms with Gasteiger partial charge in [0.05, 0.1) is 6.61 Å². The molecule has 0 saturated heterocycles. The van der Waals surface area contributed by atoms with Crippen molar-refractivity contribution in [2.24, 2.45) is 0 Å². The van der Waals surface area contributed by atoms with E-state index in [0.29, 0.717) is 0 Å². The third-order valence-electron chi connectivity index (χ3n) is 1.64. The summed E-state index contributed by atoms with van der Waals surface area (Å²) in [6.45, 7) is -0.951. The number of aliphatic hydroxyl groups is 1. The van der Waals surface area contributed by atoms with E-state index >= 15 is 0 Å². The number of ether oxygens (including phenoxy) is 1. The molecule has 15 heavy (non-hydrogen) atoms. The molecule has 1 atom stereocenters. The van der Waals surface area contributed by atoms with Crippen molar-refractivity contribution in [3.63, 3.8) is 0 Å². The zero-order valence-corrected chi connectivity index (χ0v) is 7.46. The van der Waals surface area contributed by atoms with Crippen molar-refractivity contribution >= 4 is 0 Å². The Kier molecular flexibility index (Phi) is 3.65. The van der Waals surface area contributed by atoms with Crippen LogP contribution in [0.1, 0.15) is 11.7 Å². The maximum atomic E-state index is 12.6. The van der Waals surface area contributed by atoms with Gasteiger partial charge in [-0.25, -0.2) is 4.39 Å². The van der Waals surface area contributed by atoms with Crippen LogP contribution in [0, 0.1) is 5.82 Å². The number of hydrogen-bond donors (Lipinski definition) is 1. The molecule has 1 N–H and O–H groups in total. The predicted octanol–water partition coefficient (Wildman–Crippen LogP) is 2.40. The van der Waals surface area contributed by atoms with Crippen molar-refractivity contribution in [3.8, 4) is 0 Å². The molecule has 1 unspecified atom stereocenters. The fraction of sp³-hybridized carbons (Fsp3) is 0.333. The average Bonchev–Trinajstić information content (AvgIpc) is 2.13. The van der Waals surface area contributed by atoms with Gasteiger partial charge in [-0.1, -0.05) is 12.1 Å². The minimum atomic E-state index is -4.80. The van der Waals surface area contributed by atoms with Crippen LogP contribution >= 0.6 is 0 Å². The lowest BCUT2D eigenvalue weighted by molar-refractivity contribution is -0.331. The minimum absolute atomic E-state index is 0.0410. The monoisotopic (exact) mass is 224 g/mol. The zero-order valence-electron chi connectivity index (χ0n) is 7.46.